The van der Waals surface area contributed by atoms with Gasteiger partial charge < -0.3 is 10.0 Å². The summed E-state index contributed by atoms with van der Waals surface area (Å²) in [7, 11) is 0. The summed E-state index contributed by atoms with van der Waals surface area (Å²) in [4.78, 5) is 15.3. The third-order valence-electron chi connectivity index (χ3n) is 3.76. The van der Waals surface area contributed by atoms with Gasteiger partial charge in [0.2, 0.25) is 0 Å². The van der Waals surface area contributed by atoms with E-state index in [4.69, 9.17) is 5.11 Å². The van der Waals surface area contributed by atoms with Gasteiger partial charge in [0.05, 0.1) is 11.1 Å². The molecule has 0 atom stereocenters. The normalized spacial score (nSPS) is 17.2. The van der Waals surface area contributed by atoms with E-state index in [1.165, 1.54) is 6.07 Å². The van der Waals surface area contributed by atoms with Crippen molar-refractivity contribution in [2.45, 2.75) is 13.8 Å². The van der Waals surface area contributed by atoms with Gasteiger partial charge in [-0.2, -0.15) is 0 Å². The van der Waals surface area contributed by atoms with E-state index in [-0.39, 0.29) is 5.82 Å². The van der Waals surface area contributed by atoms with Crippen molar-refractivity contribution < 1.29 is 14.3 Å². The van der Waals surface area contributed by atoms with Crippen molar-refractivity contribution in [2.75, 3.05) is 37.6 Å². The molecule has 0 unspecified atom stereocenters. The number of nitrogens with zero attached hydrogens (tertiary/aromatic N) is 2. The van der Waals surface area contributed by atoms with E-state index >= 15 is 0 Å². The lowest BCUT2D eigenvalue weighted by Crippen LogP contribution is -2.50. The monoisotopic (exact) mass is 280 g/mol. The summed E-state index contributed by atoms with van der Waals surface area (Å²) in [5.41, 5.74) is -0.121. The van der Waals surface area contributed by atoms with Gasteiger partial charge in [-0.3, -0.25) is 9.69 Å². The van der Waals surface area contributed by atoms with Gasteiger partial charge in [0, 0.05) is 32.7 Å². The molecule has 1 aliphatic heterocycles. The Hall–Kier alpha value is -1.62. The van der Waals surface area contributed by atoms with Gasteiger partial charge in [0.15, 0.2) is 0 Å². The molecule has 1 saturated heterocycles. The van der Waals surface area contributed by atoms with Crippen LogP contribution in [-0.4, -0.2) is 48.7 Å². The van der Waals surface area contributed by atoms with Crippen LogP contribution in [0.15, 0.2) is 24.3 Å². The van der Waals surface area contributed by atoms with Gasteiger partial charge >= 0.3 is 5.97 Å². The van der Waals surface area contributed by atoms with Crippen molar-refractivity contribution >= 4 is 11.7 Å². The molecule has 110 valence electrons. The minimum atomic E-state index is -0.783. The quantitative estimate of drug-likeness (QED) is 0.917. The van der Waals surface area contributed by atoms with Crippen molar-refractivity contribution in [1.82, 2.24) is 4.90 Å². The van der Waals surface area contributed by atoms with E-state index in [9.17, 15) is 9.18 Å². The number of carbonyl (C=O) groups is 1. The number of benzene rings is 1. The topological polar surface area (TPSA) is 43.8 Å². The Morgan fingerprint density at radius 2 is 1.85 bits per heavy atom. The van der Waals surface area contributed by atoms with Gasteiger partial charge in [-0.15, -0.1) is 0 Å². The molecule has 5 heteroatoms. The van der Waals surface area contributed by atoms with Crippen LogP contribution >= 0.6 is 0 Å². The molecule has 1 aromatic carbocycles. The Balaban J connectivity index is 1.93. The summed E-state index contributed by atoms with van der Waals surface area (Å²) in [6.07, 6.45) is 0. The van der Waals surface area contributed by atoms with Crippen molar-refractivity contribution in [3.63, 3.8) is 0 Å². The van der Waals surface area contributed by atoms with Crippen LogP contribution in [-0.2, 0) is 4.79 Å². The summed E-state index contributed by atoms with van der Waals surface area (Å²) in [5.74, 6) is -0.985. The van der Waals surface area contributed by atoms with E-state index in [0.29, 0.717) is 12.2 Å². The van der Waals surface area contributed by atoms with Crippen molar-refractivity contribution in [3.8, 4) is 0 Å². The van der Waals surface area contributed by atoms with Gasteiger partial charge in [-0.25, -0.2) is 4.39 Å². The van der Waals surface area contributed by atoms with Crippen LogP contribution in [0, 0.1) is 11.2 Å². The average Bonchev–Trinajstić information content (AvgIpc) is 2.40. The number of halogens is 1. The summed E-state index contributed by atoms with van der Waals surface area (Å²) in [6.45, 7) is 6.94. The third-order valence-corrected chi connectivity index (χ3v) is 3.76. The number of piperazine rings is 1. The molecule has 0 aromatic heterocycles. The SMILES string of the molecule is CC(C)(CN1CCN(c2ccccc2F)CC1)C(=O)O. The zero-order chi connectivity index (χ0) is 14.8. The van der Waals surface area contributed by atoms with Crippen molar-refractivity contribution in [3.05, 3.63) is 30.1 Å². The van der Waals surface area contributed by atoms with Crippen LogP contribution in [0.4, 0.5) is 10.1 Å². The molecule has 0 saturated carbocycles. The first-order valence-electron chi connectivity index (χ1n) is 6.85. The standard InChI is InChI=1S/C15H21FN2O2/c1-15(2,14(19)20)11-17-7-9-18(10-8-17)13-6-4-3-5-12(13)16/h3-6H,7-11H2,1-2H3,(H,19,20). The molecule has 1 aromatic rings. The minimum Gasteiger partial charge on any atom is -0.481 e. The summed E-state index contributed by atoms with van der Waals surface area (Å²) < 4.78 is 13.7. The van der Waals surface area contributed by atoms with E-state index in [0.717, 1.165) is 26.2 Å². The predicted molar refractivity (Wildman–Crippen MR) is 76.5 cm³/mol. The third kappa shape index (κ3) is 3.28. The van der Waals surface area contributed by atoms with Crippen LogP contribution in [0.3, 0.4) is 0 Å². The highest BCUT2D eigenvalue weighted by atomic mass is 19.1. The number of carboxylic acids is 1. The fourth-order valence-corrected chi connectivity index (χ4v) is 2.48. The number of hydrogen-bond donors (Lipinski definition) is 1. The maximum atomic E-state index is 13.7. The highest BCUT2D eigenvalue weighted by Crippen LogP contribution is 2.22. The number of aliphatic carboxylic acids is 1. The zero-order valence-corrected chi connectivity index (χ0v) is 12.0. The highest BCUT2D eigenvalue weighted by molar-refractivity contribution is 5.73. The Labute approximate surface area is 118 Å². The molecule has 4 nitrogen and oxygen atoms in total. The first kappa shape index (κ1) is 14.8. The molecule has 0 radical (unpaired) electrons. The first-order valence-corrected chi connectivity index (χ1v) is 6.85. The molecule has 1 heterocycles. The second-order valence-corrected chi connectivity index (χ2v) is 5.90. The maximum Gasteiger partial charge on any atom is 0.310 e. The number of para-hydroxylation sites is 1. The van der Waals surface area contributed by atoms with E-state index in [2.05, 4.69) is 4.90 Å². The lowest BCUT2D eigenvalue weighted by atomic mass is 9.93. The highest BCUT2D eigenvalue weighted by Gasteiger charge is 2.31. The number of anilines is 1. The van der Waals surface area contributed by atoms with Gasteiger partial charge in [-0.1, -0.05) is 12.1 Å². The van der Waals surface area contributed by atoms with Crippen LogP contribution in [0.25, 0.3) is 0 Å². The lowest BCUT2D eigenvalue weighted by molar-refractivity contribution is -0.148. The average molecular weight is 280 g/mol. The fourth-order valence-electron chi connectivity index (χ4n) is 2.48. The Kier molecular flexibility index (Phi) is 4.28. The van der Waals surface area contributed by atoms with Gasteiger partial charge in [0.1, 0.15) is 5.82 Å². The zero-order valence-electron chi connectivity index (χ0n) is 12.0. The molecule has 0 bridgehead atoms. The molecule has 0 spiro atoms. The second kappa shape index (κ2) is 5.79. The first-order chi connectivity index (χ1) is 9.40. The molecule has 0 aliphatic carbocycles. The number of hydrogen-bond acceptors (Lipinski definition) is 3. The minimum absolute atomic E-state index is 0.202. The van der Waals surface area contributed by atoms with Gasteiger partial charge in [0.25, 0.3) is 0 Å². The smallest absolute Gasteiger partial charge is 0.310 e. The molecule has 1 N–H and O–H groups in total. The summed E-state index contributed by atoms with van der Waals surface area (Å²) >= 11 is 0. The molecule has 1 aliphatic rings. The van der Waals surface area contributed by atoms with Gasteiger partial charge in [-0.05, 0) is 26.0 Å². The van der Waals surface area contributed by atoms with Crippen LogP contribution in [0.5, 0.6) is 0 Å². The molecule has 2 rings (SSSR count). The Bertz CT molecular complexity index is 483. The molecular weight excluding hydrogens is 259 g/mol. The van der Waals surface area contributed by atoms with E-state index in [1.54, 1.807) is 26.0 Å². The Morgan fingerprint density at radius 1 is 1.25 bits per heavy atom. The summed E-state index contributed by atoms with van der Waals surface area (Å²) in [5, 5.41) is 9.15. The second-order valence-electron chi connectivity index (χ2n) is 5.90. The number of rotatable bonds is 4. The van der Waals surface area contributed by atoms with E-state index < -0.39 is 11.4 Å². The van der Waals surface area contributed by atoms with E-state index in [1.807, 2.05) is 11.0 Å². The van der Waals surface area contributed by atoms with Crippen molar-refractivity contribution in [1.29, 1.82) is 0 Å². The Morgan fingerprint density at radius 3 is 2.40 bits per heavy atom. The molecule has 1 fully saturated rings. The van der Waals surface area contributed by atoms with Crippen molar-refractivity contribution in [2.24, 2.45) is 5.41 Å². The molecule has 0 amide bonds. The van der Waals surface area contributed by atoms with Crippen LogP contribution in [0.2, 0.25) is 0 Å². The lowest BCUT2D eigenvalue weighted by Gasteiger charge is -2.38. The summed E-state index contributed by atoms with van der Waals surface area (Å²) in [6, 6.07) is 6.77. The largest absolute Gasteiger partial charge is 0.481 e. The van der Waals surface area contributed by atoms with Crippen LogP contribution in [0.1, 0.15) is 13.8 Å². The predicted octanol–water partition coefficient (Wildman–Crippen LogP) is 2.06. The molecule has 20 heavy (non-hydrogen) atoms. The van der Waals surface area contributed by atoms with Crippen LogP contribution < -0.4 is 4.90 Å². The molecular formula is C15H21FN2O2. The fraction of sp³-hybridized carbons (Fsp3) is 0.533. The number of carboxylic acid groups (broad SMARTS) is 1. The maximum absolute atomic E-state index is 13.7.